The summed E-state index contributed by atoms with van der Waals surface area (Å²) in [5.41, 5.74) is 0.932. The van der Waals surface area contributed by atoms with Crippen molar-refractivity contribution in [3.05, 3.63) is 29.8 Å². The standard InChI is InChI=1S/C13H16ClNO3S/c1-15(11-5-6-11)13(16)9-4-10-2-7-12(8-3-10)19(14,17)18/h2-3,7-8,11H,4-6,9H2,1H3. The number of amides is 1. The summed E-state index contributed by atoms with van der Waals surface area (Å²) in [4.78, 5) is 13.7. The molecule has 1 fully saturated rings. The SMILES string of the molecule is CN(C(=O)CCc1ccc(S(=O)(=O)Cl)cc1)C1CC1. The Labute approximate surface area is 117 Å². The maximum absolute atomic E-state index is 11.8. The fraction of sp³-hybridized carbons (Fsp3) is 0.462. The van der Waals surface area contributed by atoms with Crippen LogP contribution >= 0.6 is 10.7 Å². The molecule has 0 aliphatic heterocycles. The first-order chi connectivity index (χ1) is 8.88. The monoisotopic (exact) mass is 301 g/mol. The van der Waals surface area contributed by atoms with Crippen LogP contribution in [0.1, 0.15) is 24.8 Å². The lowest BCUT2D eigenvalue weighted by Crippen LogP contribution is -2.28. The first-order valence-corrected chi connectivity index (χ1v) is 8.48. The van der Waals surface area contributed by atoms with Crippen LogP contribution in [-0.2, 0) is 20.3 Å². The molecule has 0 unspecified atom stereocenters. The first kappa shape index (κ1) is 14.3. The van der Waals surface area contributed by atoms with E-state index in [1.54, 1.807) is 17.0 Å². The second-order valence-corrected chi connectivity index (χ2v) is 7.38. The second-order valence-electron chi connectivity index (χ2n) is 4.82. The van der Waals surface area contributed by atoms with Crippen LogP contribution in [0.3, 0.4) is 0 Å². The lowest BCUT2D eigenvalue weighted by Gasteiger charge is -2.15. The number of rotatable bonds is 5. The van der Waals surface area contributed by atoms with Crippen LogP contribution in [0.15, 0.2) is 29.2 Å². The van der Waals surface area contributed by atoms with Crippen molar-refractivity contribution in [1.82, 2.24) is 4.90 Å². The summed E-state index contributed by atoms with van der Waals surface area (Å²) >= 11 is 0. The third-order valence-electron chi connectivity index (χ3n) is 3.32. The molecular formula is C13H16ClNO3S. The summed E-state index contributed by atoms with van der Waals surface area (Å²) in [6.45, 7) is 0. The third kappa shape index (κ3) is 3.94. The predicted molar refractivity (Wildman–Crippen MR) is 73.6 cm³/mol. The van der Waals surface area contributed by atoms with E-state index in [0.717, 1.165) is 18.4 Å². The Bertz CT molecular complexity index is 564. The molecule has 19 heavy (non-hydrogen) atoms. The molecule has 6 heteroatoms. The van der Waals surface area contributed by atoms with Crippen molar-refractivity contribution in [3.63, 3.8) is 0 Å². The van der Waals surface area contributed by atoms with Gasteiger partial charge in [0.05, 0.1) is 4.90 Å². The highest BCUT2D eigenvalue weighted by molar-refractivity contribution is 8.13. The van der Waals surface area contributed by atoms with Crippen molar-refractivity contribution in [2.75, 3.05) is 7.05 Å². The van der Waals surface area contributed by atoms with Gasteiger partial charge in [0.15, 0.2) is 0 Å². The van der Waals surface area contributed by atoms with Gasteiger partial charge in [0.2, 0.25) is 5.91 Å². The number of hydrogen-bond donors (Lipinski definition) is 0. The predicted octanol–water partition coefficient (Wildman–Crippen LogP) is 2.17. The smallest absolute Gasteiger partial charge is 0.261 e. The lowest BCUT2D eigenvalue weighted by atomic mass is 10.1. The molecule has 0 saturated heterocycles. The number of carbonyl (C=O) groups excluding carboxylic acids is 1. The van der Waals surface area contributed by atoms with Crippen LogP contribution in [0.5, 0.6) is 0 Å². The minimum absolute atomic E-state index is 0.0827. The molecular weight excluding hydrogens is 286 g/mol. The summed E-state index contributed by atoms with van der Waals surface area (Å²) in [7, 11) is 3.40. The highest BCUT2D eigenvalue weighted by atomic mass is 35.7. The Morgan fingerprint density at radius 2 is 1.89 bits per heavy atom. The fourth-order valence-electron chi connectivity index (χ4n) is 1.91. The van der Waals surface area contributed by atoms with Crippen LogP contribution in [-0.4, -0.2) is 32.3 Å². The number of halogens is 1. The van der Waals surface area contributed by atoms with Gasteiger partial charge in [0.1, 0.15) is 0 Å². The molecule has 0 N–H and O–H groups in total. The normalized spacial score (nSPS) is 15.3. The Balaban J connectivity index is 1.91. The van der Waals surface area contributed by atoms with Crippen LogP contribution in [0.25, 0.3) is 0 Å². The highest BCUT2D eigenvalue weighted by Crippen LogP contribution is 2.26. The summed E-state index contributed by atoms with van der Waals surface area (Å²) in [5.74, 6) is 0.136. The van der Waals surface area contributed by atoms with E-state index in [9.17, 15) is 13.2 Å². The van der Waals surface area contributed by atoms with Gasteiger partial charge in [-0.05, 0) is 37.0 Å². The van der Waals surface area contributed by atoms with Gasteiger partial charge in [-0.15, -0.1) is 0 Å². The summed E-state index contributed by atoms with van der Waals surface area (Å²) in [6.07, 6.45) is 3.26. The zero-order chi connectivity index (χ0) is 14.0. The van der Waals surface area contributed by atoms with Gasteiger partial charge < -0.3 is 4.90 Å². The highest BCUT2D eigenvalue weighted by Gasteiger charge is 2.28. The molecule has 0 atom stereocenters. The molecule has 0 radical (unpaired) electrons. The van der Waals surface area contributed by atoms with Gasteiger partial charge in [-0.25, -0.2) is 8.42 Å². The number of benzene rings is 1. The molecule has 1 amide bonds. The number of hydrogen-bond acceptors (Lipinski definition) is 3. The minimum atomic E-state index is -3.67. The Kier molecular flexibility index (Phi) is 4.16. The molecule has 1 aliphatic rings. The molecule has 1 aromatic carbocycles. The number of carbonyl (C=O) groups is 1. The molecule has 1 aromatic rings. The first-order valence-electron chi connectivity index (χ1n) is 6.17. The summed E-state index contributed by atoms with van der Waals surface area (Å²) < 4.78 is 22.2. The van der Waals surface area contributed by atoms with Gasteiger partial charge in [-0.1, -0.05) is 12.1 Å². The largest absolute Gasteiger partial charge is 0.343 e. The van der Waals surface area contributed by atoms with E-state index in [0.29, 0.717) is 18.9 Å². The van der Waals surface area contributed by atoms with E-state index < -0.39 is 9.05 Å². The fourth-order valence-corrected chi connectivity index (χ4v) is 2.68. The van der Waals surface area contributed by atoms with Crippen molar-refractivity contribution in [2.24, 2.45) is 0 Å². The van der Waals surface area contributed by atoms with Crippen molar-refractivity contribution < 1.29 is 13.2 Å². The lowest BCUT2D eigenvalue weighted by molar-refractivity contribution is -0.130. The summed E-state index contributed by atoms with van der Waals surface area (Å²) in [5, 5.41) is 0. The molecule has 104 valence electrons. The Morgan fingerprint density at radius 1 is 1.32 bits per heavy atom. The molecule has 0 heterocycles. The molecule has 0 spiro atoms. The van der Waals surface area contributed by atoms with Crippen LogP contribution < -0.4 is 0 Å². The van der Waals surface area contributed by atoms with Crippen molar-refractivity contribution in [1.29, 1.82) is 0 Å². The molecule has 0 aromatic heterocycles. The molecule has 4 nitrogen and oxygen atoms in total. The van der Waals surface area contributed by atoms with Crippen LogP contribution in [0.2, 0.25) is 0 Å². The van der Waals surface area contributed by atoms with Gasteiger partial charge in [-0.2, -0.15) is 0 Å². The maximum atomic E-state index is 11.8. The van der Waals surface area contributed by atoms with E-state index in [4.69, 9.17) is 10.7 Å². The van der Waals surface area contributed by atoms with Gasteiger partial charge in [-0.3, -0.25) is 4.79 Å². The number of nitrogens with zero attached hydrogens (tertiary/aromatic N) is 1. The van der Waals surface area contributed by atoms with Crippen LogP contribution in [0, 0.1) is 0 Å². The Hall–Kier alpha value is -1.07. The zero-order valence-corrected chi connectivity index (χ0v) is 12.2. The average Bonchev–Trinajstić information content (AvgIpc) is 3.18. The third-order valence-corrected chi connectivity index (χ3v) is 4.69. The maximum Gasteiger partial charge on any atom is 0.261 e. The zero-order valence-electron chi connectivity index (χ0n) is 10.7. The van der Waals surface area contributed by atoms with Gasteiger partial charge >= 0.3 is 0 Å². The molecule has 2 rings (SSSR count). The minimum Gasteiger partial charge on any atom is -0.343 e. The van der Waals surface area contributed by atoms with Crippen molar-refractivity contribution >= 4 is 25.6 Å². The quantitative estimate of drug-likeness (QED) is 0.783. The van der Waals surface area contributed by atoms with E-state index in [1.807, 2.05) is 7.05 Å². The van der Waals surface area contributed by atoms with Gasteiger partial charge in [0, 0.05) is 30.2 Å². The Morgan fingerprint density at radius 3 is 2.37 bits per heavy atom. The topological polar surface area (TPSA) is 54.5 Å². The van der Waals surface area contributed by atoms with Crippen LogP contribution in [0.4, 0.5) is 0 Å². The number of aryl methyl sites for hydroxylation is 1. The summed E-state index contributed by atoms with van der Waals surface area (Å²) in [6, 6.07) is 6.75. The molecule has 0 bridgehead atoms. The van der Waals surface area contributed by atoms with Crippen molar-refractivity contribution in [3.8, 4) is 0 Å². The van der Waals surface area contributed by atoms with Gasteiger partial charge in [0.25, 0.3) is 9.05 Å². The van der Waals surface area contributed by atoms with E-state index in [2.05, 4.69) is 0 Å². The molecule has 1 saturated carbocycles. The average molecular weight is 302 g/mol. The van der Waals surface area contributed by atoms with E-state index >= 15 is 0 Å². The van der Waals surface area contributed by atoms with E-state index in [-0.39, 0.29) is 10.8 Å². The second kappa shape index (κ2) is 5.51. The van der Waals surface area contributed by atoms with Crippen molar-refractivity contribution in [2.45, 2.75) is 36.6 Å². The molecule has 1 aliphatic carbocycles. The van der Waals surface area contributed by atoms with E-state index in [1.165, 1.54) is 12.1 Å².